The third-order valence-electron chi connectivity index (χ3n) is 3.12. The molecule has 0 amide bonds. The van der Waals surface area contributed by atoms with Crippen LogP contribution in [0.2, 0.25) is 0 Å². The number of ether oxygens (including phenoxy) is 1. The van der Waals surface area contributed by atoms with Crippen molar-refractivity contribution in [3.63, 3.8) is 0 Å². The molecule has 0 spiro atoms. The Balaban J connectivity index is 1.90. The van der Waals surface area contributed by atoms with Gasteiger partial charge in [0.2, 0.25) is 0 Å². The van der Waals surface area contributed by atoms with Gasteiger partial charge in [0, 0.05) is 4.47 Å². The number of fused-ring (bicyclic) bond motifs is 1. The minimum atomic E-state index is 0.205. The second-order valence-corrected chi connectivity index (χ2v) is 5.48. The summed E-state index contributed by atoms with van der Waals surface area (Å²) in [6, 6.07) is 14.7. The van der Waals surface area contributed by atoms with Crippen LogP contribution in [0.1, 0.15) is 17.2 Å². The number of anilines is 1. The number of hydrogen-bond donors (Lipinski definition) is 1. The van der Waals surface area contributed by atoms with Gasteiger partial charge < -0.3 is 10.1 Å². The summed E-state index contributed by atoms with van der Waals surface area (Å²) >= 11 is 3.50. The Morgan fingerprint density at radius 2 is 2.11 bits per heavy atom. The van der Waals surface area contributed by atoms with Crippen LogP contribution in [-0.2, 0) is 0 Å². The molecule has 1 aliphatic rings. The largest absolute Gasteiger partial charge is 0.489 e. The van der Waals surface area contributed by atoms with Crippen molar-refractivity contribution in [1.82, 2.24) is 0 Å². The van der Waals surface area contributed by atoms with Crippen molar-refractivity contribution in [3.05, 3.63) is 58.1 Å². The lowest BCUT2D eigenvalue weighted by molar-refractivity contribution is 0.286. The molecule has 1 unspecified atom stereocenters. The Kier molecular flexibility index (Phi) is 3.00. The maximum Gasteiger partial charge on any atom is 0.142 e. The summed E-state index contributed by atoms with van der Waals surface area (Å²) in [5, 5.41) is 3.54. The van der Waals surface area contributed by atoms with Crippen LogP contribution in [0.4, 0.5) is 5.69 Å². The molecule has 1 atom stereocenters. The summed E-state index contributed by atoms with van der Waals surface area (Å²) < 4.78 is 6.90. The van der Waals surface area contributed by atoms with Crippen LogP contribution in [0, 0.1) is 6.92 Å². The van der Waals surface area contributed by atoms with Crippen molar-refractivity contribution in [2.45, 2.75) is 13.0 Å². The average Bonchev–Trinajstić information content (AvgIpc) is 2.38. The number of aryl methyl sites for hydroxylation is 1. The monoisotopic (exact) mass is 303 g/mol. The Labute approximate surface area is 115 Å². The lowest BCUT2D eigenvalue weighted by Crippen LogP contribution is -2.23. The molecule has 0 saturated heterocycles. The quantitative estimate of drug-likeness (QED) is 0.848. The van der Waals surface area contributed by atoms with Gasteiger partial charge in [-0.3, -0.25) is 0 Å². The first-order valence-electron chi connectivity index (χ1n) is 5.98. The van der Waals surface area contributed by atoms with Crippen LogP contribution < -0.4 is 10.1 Å². The van der Waals surface area contributed by atoms with Gasteiger partial charge in [0.1, 0.15) is 12.4 Å². The third-order valence-corrected chi connectivity index (χ3v) is 3.61. The Morgan fingerprint density at radius 3 is 2.94 bits per heavy atom. The maximum absolute atomic E-state index is 5.81. The number of halogens is 1. The molecule has 0 aliphatic carbocycles. The van der Waals surface area contributed by atoms with Crippen LogP contribution in [-0.4, -0.2) is 6.61 Å². The molecule has 3 heteroatoms. The Hall–Kier alpha value is -1.48. The average molecular weight is 304 g/mol. The van der Waals surface area contributed by atoms with Crippen LogP contribution in [0.5, 0.6) is 5.75 Å². The topological polar surface area (TPSA) is 21.3 Å². The molecule has 0 radical (unpaired) electrons. The molecule has 2 aromatic carbocycles. The smallest absolute Gasteiger partial charge is 0.142 e. The van der Waals surface area contributed by atoms with Crippen molar-refractivity contribution < 1.29 is 4.74 Å². The predicted molar refractivity (Wildman–Crippen MR) is 77.2 cm³/mol. The van der Waals surface area contributed by atoms with E-state index in [2.05, 4.69) is 52.4 Å². The van der Waals surface area contributed by atoms with Gasteiger partial charge >= 0.3 is 0 Å². The zero-order valence-electron chi connectivity index (χ0n) is 10.1. The van der Waals surface area contributed by atoms with Crippen molar-refractivity contribution in [3.8, 4) is 5.75 Å². The molecule has 2 aromatic rings. The molecule has 0 fully saturated rings. The fourth-order valence-corrected chi connectivity index (χ4v) is 2.60. The van der Waals surface area contributed by atoms with Crippen molar-refractivity contribution in [2.24, 2.45) is 0 Å². The summed E-state index contributed by atoms with van der Waals surface area (Å²) in [6.45, 7) is 2.75. The molecule has 1 aliphatic heterocycles. The predicted octanol–water partition coefficient (Wildman–Crippen LogP) is 4.30. The Morgan fingerprint density at radius 1 is 1.22 bits per heavy atom. The van der Waals surface area contributed by atoms with E-state index >= 15 is 0 Å². The number of benzene rings is 2. The van der Waals surface area contributed by atoms with Gasteiger partial charge in [-0.05, 0) is 42.3 Å². The van der Waals surface area contributed by atoms with Gasteiger partial charge in [0.05, 0.1) is 11.7 Å². The van der Waals surface area contributed by atoms with Gasteiger partial charge in [0.15, 0.2) is 0 Å². The second-order valence-electron chi connectivity index (χ2n) is 4.56. The van der Waals surface area contributed by atoms with Gasteiger partial charge in [-0.1, -0.05) is 34.1 Å². The highest BCUT2D eigenvalue weighted by Gasteiger charge is 2.20. The number of hydrogen-bond acceptors (Lipinski definition) is 2. The van der Waals surface area contributed by atoms with E-state index < -0.39 is 0 Å². The molecule has 0 saturated carbocycles. The summed E-state index contributed by atoms with van der Waals surface area (Å²) in [5.74, 6) is 0.937. The van der Waals surface area contributed by atoms with Crippen molar-refractivity contribution in [2.75, 3.05) is 11.9 Å². The van der Waals surface area contributed by atoms with Gasteiger partial charge in [-0.2, -0.15) is 0 Å². The highest BCUT2D eigenvalue weighted by Crippen LogP contribution is 2.34. The molecular formula is C15H14BrNO. The standard InChI is InChI=1S/C15H14BrNO/c1-10-5-6-15-13(7-10)17-14(9-18-15)11-3-2-4-12(16)8-11/h2-8,14,17H,9H2,1H3. The van der Waals surface area contributed by atoms with E-state index in [1.165, 1.54) is 11.1 Å². The summed E-state index contributed by atoms with van der Waals surface area (Å²) in [5.41, 5.74) is 3.54. The minimum Gasteiger partial charge on any atom is -0.489 e. The number of nitrogens with one attached hydrogen (secondary N) is 1. The van der Waals surface area contributed by atoms with Gasteiger partial charge in [0.25, 0.3) is 0 Å². The zero-order valence-corrected chi connectivity index (χ0v) is 11.7. The van der Waals surface area contributed by atoms with Gasteiger partial charge in [-0.25, -0.2) is 0 Å². The van der Waals surface area contributed by atoms with E-state index in [1.807, 2.05) is 18.2 Å². The summed E-state index contributed by atoms with van der Waals surface area (Å²) in [7, 11) is 0. The fraction of sp³-hybridized carbons (Fsp3) is 0.200. The number of rotatable bonds is 1. The first-order chi connectivity index (χ1) is 8.72. The zero-order chi connectivity index (χ0) is 12.5. The van der Waals surface area contributed by atoms with Crippen LogP contribution in [0.15, 0.2) is 46.9 Å². The third kappa shape index (κ3) is 2.23. The summed E-state index contributed by atoms with van der Waals surface area (Å²) in [6.07, 6.45) is 0. The van der Waals surface area contributed by atoms with Crippen LogP contribution >= 0.6 is 15.9 Å². The first-order valence-corrected chi connectivity index (χ1v) is 6.77. The SMILES string of the molecule is Cc1ccc2c(c1)NC(c1cccc(Br)c1)CO2. The van der Waals surface area contributed by atoms with E-state index in [0.29, 0.717) is 6.61 Å². The Bertz CT molecular complexity index is 582. The molecule has 18 heavy (non-hydrogen) atoms. The maximum atomic E-state index is 5.81. The van der Waals surface area contributed by atoms with E-state index in [4.69, 9.17) is 4.74 Å². The van der Waals surface area contributed by atoms with Crippen LogP contribution in [0.3, 0.4) is 0 Å². The van der Waals surface area contributed by atoms with E-state index in [1.54, 1.807) is 0 Å². The van der Waals surface area contributed by atoms with E-state index in [-0.39, 0.29) is 6.04 Å². The minimum absolute atomic E-state index is 0.205. The highest BCUT2D eigenvalue weighted by molar-refractivity contribution is 9.10. The molecule has 0 bridgehead atoms. The van der Waals surface area contributed by atoms with Crippen molar-refractivity contribution in [1.29, 1.82) is 0 Å². The van der Waals surface area contributed by atoms with E-state index in [9.17, 15) is 0 Å². The molecule has 3 rings (SSSR count). The normalized spacial score (nSPS) is 17.6. The van der Waals surface area contributed by atoms with E-state index in [0.717, 1.165) is 15.9 Å². The molecule has 1 N–H and O–H groups in total. The second kappa shape index (κ2) is 4.65. The molecule has 92 valence electrons. The highest BCUT2D eigenvalue weighted by atomic mass is 79.9. The molecule has 0 aromatic heterocycles. The molecule has 2 nitrogen and oxygen atoms in total. The fourth-order valence-electron chi connectivity index (χ4n) is 2.19. The molecular weight excluding hydrogens is 290 g/mol. The van der Waals surface area contributed by atoms with Crippen LogP contribution in [0.25, 0.3) is 0 Å². The molecule has 1 heterocycles. The van der Waals surface area contributed by atoms with Crippen molar-refractivity contribution >= 4 is 21.6 Å². The van der Waals surface area contributed by atoms with Gasteiger partial charge in [-0.15, -0.1) is 0 Å². The lowest BCUT2D eigenvalue weighted by atomic mass is 10.1. The lowest BCUT2D eigenvalue weighted by Gasteiger charge is -2.28. The summed E-state index contributed by atoms with van der Waals surface area (Å²) in [4.78, 5) is 0. The first kappa shape index (κ1) is 11.6.